The Kier molecular flexibility index (Phi) is 5.26. The highest BCUT2D eigenvalue weighted by Crippen LogP contribution is 2.36. The first-order chi connectivity index (χ1) is 13.1. The third kappa shape index (κ3) is 4.79. The van der Waals surface area contributed by atoms with Crippen molar-refractivity contribution in [2.45, 2.75) is 18.5 Å². The van der Waals surface area contributed by atoms with E-state index in [1.54, 1.807) is 0 Å². The third-order valence-electron chi connectivity index (χ3n) is 3.87. The number of benzene rings is 2. The maximum atomic E-state index is 13.1. The molecule has 1 unspecified atom stereocenters. The Morgan fingerprint density at radius 3 is 2.11 bits per heavy atom. The van der Waals surface area contributed by atoms with Crippen LogP contribution in [0.2, 0.25) is 0 Å². The van der Waals surface area contributed by atoms with Gasteiger partial charge in [-0.05, 0) is 29.3 Å². The van der Waals surface area contributed by atoms with Crippen LogP contribution in [0.15, 0.2) is 67.1 Å². The van der Waals surface area contributed by atoms with Crippen LogP contribution in [-0.2, 0) is 6.18 Å². The molecule has 146 valence electrons. The molecule has 28 heavy (non-hydrogen) atoms. The first-order valence-corrected chi connectivity index (χ1v) is 7.92. The maximum Gasteiger partial charge on any atom is 0.573 e. The molecule has 1 aromatic heterocycles. The Morgan fingerprint density at radius 2 is 1.54 bits per heavy atom. The number of nitrogens with zero attached hydrogens (tertiary/aromatic N) is 2. The van der Waals surface area contributed by atoms with Crippen LogP contribution in [-0.4, -0.2) is 16.3 Å². The van der Waals surface area contributed by atoms with Gasteiger partial charge in [-0.25, -0.2) is 0 Å². The molecular formula is C19H12F6N2O. The standard InChI is InChI=1S/C19H12F6N2O/c20-18(21,22)14-3-1-2-13(10-14)17(16-11-26-8-9-27-16)12-4-6-15(7-5-12)28-19(23,24)25/h1-11,17H. The van der Waals surface area contributed by atoms with Gasteiger partial charge in [0.15, 0.2) is 0 Å². The lowest BCUT2D eigenvalue weighted by molar-refractivity contribution is -0.274. The quantitative estimate of drug-likeness (QED) is 0.539. The molecular weight excluding hydrogens is 386 g/mol. The normalized spacial score (nSPS) is 13.2. The van der Waals surface area contributed by atoms with Crippen LogP contribution in [0.25, 0.3) is 0 Å². The summed E-state index contributed by atoms with van der Waals surface area (Å²) < 4.78 is 80.1. The van der Waals surface area contributed by atoms with Gasteiger partial charge >= 0.3 is 12.5 Å². The largest absolute Gasteiger partial charge is 0.573 e. The molecule has 0 spiro atoms. The lowest BCUT2D eigenvalue weighted by atomic mass is 9.87. The first kappa shape index (κ1) is 19.7. The van der Waals surface area contributed by atoms with Crippen molar-refractivity contribution in [3.05, 3.63) is 89.5 Å². The van der Waals surface area contributed by atoms with Gasteiger partial charge in [-0.1, -0.05) is 30.3 Å². The SMILES string of the molecule is FC(F)(F)Oc1ccc(C(c2cccc(C(F)(F)F)c2)c2cnccn2)cc1. The molecule has 3 nitrogen and oxygen atoms in total. The second-order valence-corrected chi connectivity index (χ2v) is 5.80. The number of ether oxygens (including phenoxy) is 1. The number of hydrogen-bond donors (Lipinski definition) is 0. The summed E-state index contributed by atoms with van der Waals surface area (Å²) in [6.45, 7) is 0. The predicted octanol–water partition coefficient (Wildman–Crippen LogP) is 5.57. The van der Waals surface area contributed by atoms with E-state index < -0.39 is 29.8 Å². The van der Waals surface area contributed by atoms with Crippen molar-refractivity contribution in [2.24, 2.45) is 0 Å². The molecule has 0 bridgehead atoms. The van der Waals surface area contributed by atoms with Gasteiger partial charge in [0.05, 0.1) is 17.2 Å². The average Bonchev–Trinajstić information content (AvgIpc) is 2.63. The van der Waals surface area contributed by atoms with Gasteiger partial charge in [-0.3, -0.25) is 9.97 Å². The summed E-state index contributed by atoms with van der Waals surface area (Å²) in [6, 6.07) is 9.58. The van der Waals surface area contributed by atoms with Crippen LogP contribution in [0.3, 0.4) is 0 Å². The number of alkyl halides is 6. The Bertz CT molecular complexity index is 924. The molecule has 0 fully saturated rings. The van der Waals surface area contributed by atoms with E-state index in [1.807, 2.05) is 0 Å². The van der Waals surface area contributed by atoms with E-state index in [-0.39, 0.29) is 5.56 Å². The van der Waals surface area contributed by atoms with Gasteiger partial charge in [-0.2, -0.15) is 13.2 Å². The lowest BCUT2D eigenvalue weighted by Gasteiger charge is -2.19. The fourth-order valence-corrected chi connectivity index (χ4v) is 2.75. The summed E-state index contributed by atoms with van der Waals surface area (Å²) in [5, 5.41) is 0. The van der Waals surface area contributed by atoms with Crippen LogP contribution >= 0.6 is 0 Å². The molecule has 1 heterocycles. The van der Waals surface area contributed by atoms with Crippen molar-refractivity contribution in [1.82, 2.24) is 9.97 Å². The Balaban J connectivity index is 2.04. The molecule has 3 aromatic rings. The van der Waals surface area contributed by atoms with Gasteiger partial charge < -0.3 is 4.74 Å². The van der Waals surface area contributed by atoms with Gasteiger partial charge in [0.1, 0.15) is 5.75 Å². The minimum atomic E-state index is -4.84. The summed E-state index contributed by atoms with van der Waals surface area (Å²) in [6.07, 6.45) is -5.19. The van der Waals surface area contributed by atoms with Crippen molar-refractivity contribution in [2.75, 3.05) is 0 Å². The van der Waals surface area contributed by atoms with Crippen LogP contribution in [0.1, 0.15) is 28.3 Å². The van der Waals surface area contributed by atoms with E-state index in [0.717, 1.165) is 24.3 Å². The highest BCUT2D eigenvalue weighted by atomic mass is 19.4. The molecule has 2 aromatic carbocycles. The van der Waals surface area contributed by atoms with Crippen molar-refractivity contribution in [3.8, 4) is 5.75 Å². The Morgan fingerprint density at radius 1 is 0.821 bits per heavy atom. The zero-order valence-electron chi connectivity index (χ0n) is 14.0. The highest BCUT2D eigenvalue weighted by molar-refractivity contribution is 5.43. The van der Waals surface area contributed by atoms with Gasteiger partial charge in [-0.15, -0.1) is 13.2 Å². The summed E-state index contributed by atoms with van der Waals surface area (Å²) in [7, 11) is 0. The van der Waals surface area contributed by atoms with E-state index in [0.29, 0.717) is 11.3 Å². The lowest BCUT2D eigenvalue weighted by Crippen LogP contribution is -2.17. The van der Waals surface area contributed by atoms with Crippen LogP contribution in [0.4, 0.5) is 26.3 Å². The van der Waals surface area contributed by atoms with Crippen LogP contribution in [0.5, 0.6) is 5.75 Å². The van der Waals surface area contributed by atoms with Crippen molar-refractivity contribution < 1.29 is 31.1 Å². The average molecular weight is 398 g/mol. The summed E-state index contributed by atoms with van der Waals surface area (Å²) in [4.78, 5) is 8.09. The van der Waals surface area contributed by atoms with Crippen molar-refractivity contribution in [3.63, 3.8) is 0 Å². The molecule has 0 N–H and O–H groups in total. The van der Waals surface area contributed by atoms with Gasteiger partial charge in [0.25, 0.3) is 0 Å². The molecule has 0 radical (unpaired) electrons. The minimum Gasteiger partial charge on any atom is -0.406 e. The maximum absolute atomic E-state index is 13.1. The highest BCUT2D eigenvalue weighted by Gasteiger charge is 2.32. The van der Waals surface area contributed by atoms with E-state index in [1.165, 1.54) is 42.9 Å². The third-order valence-corrected chi connectivity index (χ3v) is 3.87. The molecule has 0 saturated carbocycles. The van der Waals surface area contributed by atoms with E-state index in [9.17, 15) is 26.3 Å². The molecule has 9 heteroatoms. The summed E-state index contributed by atoms with van der Waals surface area (Å²) >= 11 is 0. The zero-order chi connectivity index (χ0) is 20.4. The first-order valence-electron chi connectivity index (χ1n) is 7.92. The van der Waals surface area contributed by atoms with Crippen LogP contribution < -0.4 is 4.74 Å². The van der Waals surface area contributed by atoms with Crippen molar-refractivity contribution >= 4 is 0 Å². The smallest absolute Gasteiger partial charge is 0.406 e. The molecule has 1 atom stereocenters. The van der Waals surface area contributed by atoms with Crippen molar-refractivity contribution in [1.29, 1.82) is 0 Å². The molecule has 0 aliphatic heterocycles. The summed E-state index contributed by atoms with van der Waals surface area (Å²) in [5.41, 5.74) is 0.233. The van der Waals surface area contributed by atoms with E-state index in [4.69, 9.17) is 0 Å². The Hall–Kier alpha value is -3.10. The molecule has 0 aliphatic carbocycles. The topological polar surface area (TPSA) is 35.0 Å². The second-order valence-electron chi connectivity index (χ2n) is 5.80. The monoisotopic (exact) mass is 398 g/mol. The molecule has 0 saturated heterocycles. The van der Waals surface area contributed by atoms with Gasteiger partial charge in [0.2, 0.25) is 0 Å². The number of hydrogen-bond acceptors (Lipinski definition) is 3. The van der Waals surface area contributed by atoms with E-state index >= 15 is 0 Å². The van der Waals surface area contributed by atoms with E-state index in [2.05, 4.69) is 14.7 Å². The number of aromatic nitrogens is 2. The number of halogens is 6. The van der Waals surface area contributed by atoms with Crippen LogP contribution in [0, 0.1) is 0 Å². The molecule has 0 amide bonds. The molecule has 3 rings (SSSR count). The summed E-state index contributed by atoms with van der Waals surface area (Å²) in [5.74, 6) is -1.19. The fraction of sp³-hybridized carbons (Fsp3) is 0.158. The predicted molar refractivity (Wildman–Crippen MR) is 87.5 cm³/mol. The zero-order valence-corrected chi connectivity index (χ0v) is 14.0. The Labute approximate surface area is 155 Å². The number of rotatable bonds is 4. The van der Waals surface area contributed by atoms with Gasteiger partial charge in [0, 0.05) is 18.6 Å². The fourth-order valence-electron chi connectivity index (χ4n) is 2.75. The second kappa shape index (κ2) is 7.49. The minimum absolute atomic E-state index is 0.278. The molecule has 0 aliphatic rings.